The van der Waals surface area contributed by atoms with Gasteiger partial charge in [-0.2, -0.15) is 21.4 Å². The van der Waals surface area contributed by atoms with Crippen LogP contribution in [0.15, 0.2) is 24.3 Å². The van der Waals surface area contributed by atoms with Crippen LogP contribution in [0.2, 0.25) is 0 Å². The van der Waals surface area contributed by atoms with Gasteiger partial charge in [0.2, 0.25) is 5.91 Å². The molecule has 0 aromatic heterocycles. The predicted octanol–water partition coefficient (Wildman–Crippen LogP) is 2.57. The summed E-state index contributed by atoms with van der Waals surface area (Å²) >= 11 is 4.17. The van der Waals surface area contributed by atoms with E-state index in [-0.39, 0.29) is 17.6 Å². The first kappa shape index (κ1) is 13.1. The molecule has 1 aromatic carbocycles. The Morgan fingerprint density at radius 1 is 1.50 bits per heavy atom. The van der Waals surface area contributed by atoms with Crippen LogP contribution in [0.1, 0.15) is 6.42 Å². The predicted molar refractivity (Wildman–Crippen MR) is 67.4 cm³/mol. The molecule has 18 heavy (non-hydrogen) atoms. The van der Waals surface area contributed by atoms with Crippen molar-refractivity contribution in [1.29, 1.82) is 0 Å². The molecule has 98 valence electrons. The molecule has 0 bridgehead atoms. The monoisotopic (exact) mass is 273 g/mol. The van der Waals surface area contributed by atoms with Crippen molar-refractivity contribution in [1.82, 2.24) is 0 Å². The molecule has 0 spiro atoms. The molecular formula is C12H13F2NO2S. The van der Waals surface area contributed by atoms with Gasteiger partial charge >= 0.3 is 6.61 Å². The number of hydrogen-bond acceptors (Lipinski definition) is 3. The number of hydrogen-bond donors (Lipinski definition) is 1. The zero-order valence-corrected chi connectivity index (χ0v) is 10.4. The molecular weight excluding hydrogens is 260 g/mol. The Labute approximate surface area is 109 Å². The van der Waals surface area contributed by atoms with Gasteiger partial charge in [0, 0.05) is 24.7 Å². The molecule has 3 nitrogen and oxygen atoms in total. The standard InChI is InChI=1S/C12H13F2NO2S/c13-12(14)17-10-3-1-2-9(5-10)15-6-8(7-18)4-11(15)16/h1-3,5,8,12,18H,4,6-7H2. The van der Waals surface area contributed by atoms with E-state index in [4.69, 9.17) is 0 Å². The molecule has 1 aliphatic heterocycles. The summed E-state index contributed by atoms with van der Waals surface area (Å²) in [6.45, 7) is -2.29. The van der Waals surface area contributed by atoms with E-state index in [1.54, 1.807) is 17.0 Å². The number of carbonyl (C=O) groups is 1. The lowest BCUT2D eigenvalue weighted by molar-refractivity contribution is -0.117. The van der Waals surface area contributed by atoms with Crippen LogP contribution in [0.25, 0.3) is 0 Å². The summed E-state index contributed by atoms with van der Waals surface area (Å²) < 4.78 is 28.5. The molecule has 0 saturated carbocycles. The van der Waals surface area contributed by atoms with Gasteiger partial charge in [-0.1, -0.05) is 6.07 Å². The number of thiol groups is 1. The van der Waals surface area contributed by atoms with Gasteiger partial charge in [-0.3, -0.25) is 4.79 Å². The molecule has 0 N–H and O–H groups in total. The second kappa shape index (κ2) is 5.56. The van der Waals surface area contributed by atoms with E-state index in [2.05, 4.69) is 17.4 Å². The second-order valence-electron chi connectivity index (χ2n) is 4.13. The quantitative estimate of drug-likeness (QED) is 0.854. The van der Waals surface area contributed by atoms with Gasteiger partial charge in [0.1, 0.15) is 5.75 Å². The fourth-order valence-corrected chi connectivity index (χ4v) is 2.23. The molecule has 1 aromatic rings. The van der Waals surface area contributed by atoms with E-state index in [1.165, 1.54) is 12.1 Å². The van der Waals surface area contributed by atoms with E-state index in [0.717, 1.165) is 0 Å². The lowest BCUT2D eigenvalue weighted by Gasteiger charge is -2.17. The van der Waals surface area contributed by atoms with Gasteiger partial charge in [0.15, 0.2) is 0 Å². The molecule has 2 rings (SSSR count). The minimum atomic E-state index is -2.86. The number of alkyl halides is 2. The number of halogens is 2. The average Bonchev–Trinajstić information content (AvgIpc) is 2.70. The van der Waals surface area contributed by atoms with Crippen LogP contribution >= 0.6 is 12.6 Å². The van der Waals surface area contributed by atoms with Crippen molar-refractivity contribution in [2.75, 3.05) is 17.2 Å². The summed E-state index contributed by atoms with van der Waals surface area (Å²) in [5.41, 5.74) is 0.586. The van der Waals surface area contributed by atoms with Gasteiger partial charge in [0.25, 0.3) is 0 Å². The van der Waals surface area contributed by atoms with Crippen LogP contribution in [0.5, 0.6) is 5.75 Å². The van der Waals surface area contributed by atoms with Gasteiger partial charge < -0.3 is 9.64 Å². The number of amides is 1. The van der Waals surface area contributed by atoms with Crippen molar-refractivity contribution in [2.45, 2.75) is 13.0 Å². The third-order valence-corrected chi connectivity index (χ3v) is 3.33. The van der Waals surface area contributed by atoms with Gasteiger partial charge in [-0.15, -0.1) is 0 Å². The van der Waals surface area contributed by atoms with Crippen LogP contribution in [0, 0.1) is 5.92 Å². The molecule has 1 saturated heterocycles. The van der Waals surface area contributed by atoms with Crippen LogP contribution in [0.3, 0.4) is 0 Å². The molecule has 1 heterocycles. The van der Waals surface area contributed by atoms with E-state index >= 15 is 0 Å². The lowest BCUT2D eigenvalue weighted by Crippen LogP contribution is -2.24. The summed E-state index contributed by atoms with van der Waals surface area (Å²) in [6, 6.07) is 6.18. The van der Waals surface area contributed by atoms with Crippen molar-refractivity contribution in [2.24, 2.45) is 5.92 Å². The zero-order valence-electron chi connectivity index (χ0n) is 9.55. The van der Waals surface area contributed by atoms with E-state index in [1.807, 2.05) is 0 Å². The van der Waals surface area contributed by atoms with Crippen LogP contribution < -0.4 is 9.64 Å². The average molecular weight is 273 g/mol. The molecule has 0 aliphatic carbocycles. The van der Waals surface area contributed by atoms with Gasteiger partial charge in [-0.05, 0) is 23.8 Å². The maximum Gasteiger partial charge on any atom is 0.387 e. The molecule has 1 amide bonds. The smallest absolute Gasteiger partial charge is 0.387 e. The third-order valence-electron chi connectivity index (χ3n) is 2.82. The van der Waals surface area contributed by atoms with Crippen molar-refractivity contribution in [3.63, 3.8) is 0 Å². The van der Waals surface area contributed by atoms with E-state index in [0.29, 0.717) is 24.4 Å². The highest BCUT2D eigenvalue weighted by Crippen LogP contribution is 2.28. The minimum Gasteiger partial charge on any atom is -0.435 e. The Morgan fingerprint density at radius 2 is 2.28 bits per heavy atom. The number of carbonyl (C=O) groups excluding carboxylic acids is 1. The van der Waals surface area contributed by atoms with Gasteiger partial charge in [-0.25, -0.2) is 0 Å². The zero-order chi connectivity index (χ0) is 13.1. The summed E-state index contributed by atoms with van der Waals surface area (Å²) in [7, 11) is 0. The second-order valence-corrected chi connectivity index (χ2v) is 4.50. The molecule has 1 atom stereocenters. The maximum atomic E-state index is 12.1. The van der Waals surface area contributed by atoms with Crippen molar-refractivity contribution < 1.29 is 18.3 Å². The van der Waals surface area contributed by atoms with E-state index < -0.39 is 6.61 Å². The van der Waals surface area contributed by atoms with Crippen molar-refractivity contribution in [3.8, 4) is 5.75 Å². The first-order valence-corrected chi connectivity index (χ1v) is 6.19. The summed E-state index contributed by atoms with van der Waals surface area (Å²) in [5, 5.41) is 0. The molecule has 1 fully saturated rings. The Hall–Kier alpha value is -1.30. The topological polar surface area (TPSA) is 29.5 Å². The fraction of sp³-hybridized carbons (Fsp3) is 0.417. The highest BCUT2D eigenvalue weighted by atomic mass is 32.1. The Morgan fingerprint density at radius 3 is 2.89 bits per heavy atom. The minimum absolute atomic E-state index is 0.0109. The Bertz CT molecular complexity index is 442. The maximum absolute atomic E-state index is 12.1. The van der Waals surface area contributed by atoms with Gasteiger partial charge in [0.05, 0.1) is 0 Å². The van der Waals surface area contributed by atoms with Crippen molar-refractivity contribution in [3.05, 3.63) is 24.3 Å². The number of nitrogens with zero attached hydrogens (tertiary/aromatic N) is 1. The molecule has 1 aliphatic rings. The Balaban J connectivity index is 2.16. The first-order valence-electron chi connectivity index (χ1n) is 5.56. The third kappa shape index (κ3) is 2.93. The van der Waals surface area contributed by atoms with Crippen LogP contribution in [-0.4, -0.2) is 24.8 Å². The SMILES string of the molecule is O=C1CC(CS)CN1c1cccc(OC(F)F)c1. The first-order chi connectivity index (χ1) is 8.60. The van der Waals surface area contributed by atoms with Crippen molar-refractivity contribution >= 4 is 24.2 Å². The van der Waals surface area contributed by atoms with E-state index in [9.17, 15) is 13.6 Å². The lowest BCUT2D eigenvalue weighted by atomic mass is 10.1. The fourth-order valence-electron chi connectivity index (χ4n) is 1.98. The number of rotatable bonds is 4. The summed E-state index contributed by atoms with van der Waals surface area (Å²) in [4.78, 5) is 13.4. The van der Waals surface area contributed by atoms with Crippen LogP contribution in [-0.2, 0) is 4.79 Å². The summed E-state index contributed by atoms with van der Waals surface area (Å²) in [6.07, 6.45) is 0.448. The number of ether oxygens (including phenoxy) is 1. The highest BCUT2D eigenvalue weighted by molar-refractivity contribution is 7.80. The highest BCUT2D eigenvalue weighted by Gasteiger charge is 2.29. The number of anilines is 1. The molecule has 1 unspecified atom stereocenters. The molecule has 0 radical (unpaired) electrons. The molecule has 6 heteroatoms. The summed E-state index contributed by atoms with van der Waals surface area (Å²) in [5.74, 6) is 0.892. The van der Waals surface area contributed by atoms with Crippen LogP contribution in [0.4, 0.5) is 14.5 Å². The Kier molecular flexibility index (Phi) is 4.06. The number of benzene rings is 1. The normalized spacial score (nSPS) is 19.7. The largest absolute Gasteiger partial charge is 0.435 e.